The number of nitrogens with zero attached hydrogens (tertiary/aromatic N) is 2. The maximum absolute atomic E-state index is 10.9. The van der Waals surface area contributed by atoms with Crippen molar-refractivity contribution in [2.24, 2.45) is 0 Å². The van der Waals surface area contributed by atoms with E-state index < -0.39 is 5.97 Å². The van der Waals surface area contributed by atoms with Crippen molar-refractivity contribution in [1.29, 1.82) is 0 Å². The van der Waals surface area contributed by atoms with Gasteiger partial charge in [-0.3, -0.25) is 0 Å². The Labute approximate surface area is 86.6 Å². The van der Waals surface area contributed by atoms with Gasteiger partial charge in [0.05, 0.1) is 11.3 Å². The summed E-state index contributed by atoms with van der Waals surface area (Å²) in [4.78, 5) is 10.9. The lowest BCUT2D eigenvalue weighted by molar-refractivity contribution is 0.0699. The van der Waals surface area contributed by atoms with Crippen LogP contribution in [-0.4, -0.2) is 21.3 Å². The van der Waals surface area contributed by atoms with Gasteiger partial charge in [-0.05, 0) is 25.5 Å². The van der Waals surface area contributed by atoms with Gasteiger partial charge in [-0.1, -0.05) is 12.1 Å². The molecule has 15 heavy (non-hydrogen) atoms. The van der Waals surface area contributed by atoms with Crippen LogP contribution in [0.4, 0.5) is 0 Å². The van der Waals surface area contributed by atoms with Gasteiger partial charge < -0.3 is 5.11 Å². The summed E-state index contributed by atoms with van der Waals surface area (Å²) in [6.07, 6.45) is 0. The Morgan fingerprint density at radius 3 is 2.67 bits per heavy atom. The molecule has 0 fully saturated rings. The van der Waals surface area contributed by atoms with Gasteiger partial charge in [0, 0.05) is 5.39 Å². The molecule has 2 aromatic rings. The van der Waals surface area contributed by atoms with Crippen LogP contribution in [0.2, 0.25) is 0 Å². The highest BCUT2D eigenvalue weighted by molar-refractivity contribution is 6.02. The van der Waals surface area contributed by atoms with E-state index in [1.165, 1.54) is 6.07 Å². The molecular formula is C11H10N2O2. The number of hydrogen-bond acceptors (Lipinski definition) is 3. The molecule has 1 heterocycles. The molecule has 0 aliphatic heterocycles. The summed E-state index contributed by atoms with van der Waals surface area (Å²) in [6.45, 7) is 3.77. The molecule has 1 aromatic heterocycles. The summed E-state index contributed by atoms with van der Waals surface area (Å²) >= 11 is 0. The first-order chi connectivity index (χ1) is 7.11. The predicted octanol–water partition coefficient (Wildman–Crippen LogP) is 1.94. The van der Waals surface area contributed by atoms with E-state index in [0.717, 1.165) is 16.6 Å². The van der Waals surface area contributed by atoms with Crippen molar-refractivity contribution in [3.63, 3.8) is 0 Å². The number of aryl methyl sites for hydroxylation is 2. The monoisotopic (exact) mass is 202 g/mol. The lowest BCUT2D eigenvalue weighted by atomic mass is 10.1. The van der Waals surface area contributed by atoms with E-state index in [4.69, 9.17) is 5.11 Å². The number of hydrogen-bond donors (Lipinski definition) is 1. The second-order valence-electron chi connectivity index (χ2n) is 3.42. The van der Waals surface area contributed by atoms with Crippen LogP contribution in [0.1, 0.15) is 21.6 Å². The Balaban J connectivity index is 2.89. The molecule has 0 saturated heterocycles. The number of aromatic carboxylic acids is 1. The molecule has 4 heteroatoms. The summed E-state index contributed by atoms with van der Waals surface area (Å²) in [6, 6.07) is 5.12. The predicted molar refractivity (Wildman–Crippen MR) is 56.0 cm³/mol. The molecule has 4 nitrogen and oxygen atoms in total. The first kappa shape index (κ1) is 9.58. The van der Waals surface area contributed by atoms with E-state index in [1.807, 2.05) is 19.9 Å². The number of carbonyl (C=O) groups is 1. The maximum Gasteiger partial charge on any atom is 0.337 e. The van der Waals surface area contributed by atoms with Gasteiger partial charge in [-0.2, -0.15) is 5.10 Å². The average Bonchev–Trinajstić information content (AvgIpc) is 2.23. The highest BCUT2D eigenvalue weighted by Gasteiger charge is 2.11. The fraction of sp³-hybridized carbons (Fsp3) is 0.182. The lowest BCUT2D eigenvalue weighted by Crippen LogP contribution is -2.02. The van der Waals surface area contributed by atoms with Gasteiger partial charge in [0.2, 0.25) is 0 Å². The van der Waals surface area contributed by atoms with Gasteiger partial charge in [0.1, 0.15) is 5.52 Å². The molecule has 0 radical (unpaired) electrons. The Hall–Kier alpha value is -1.97. The second kappa shape index (κ2) is 3.31. The largest absolute Gasteiger partial charge is 0.478 e. The maximum atomic E-state index is 10.9. The molecule has 2 rings (SSSR count). The Morgan fingerprint density at radius 1 is 1.27 bits per heavy atom. The fourth-order valence-electron chi connectivity index (χ4n) is 1.52. The SMILES string of the molecule is Cc1nnc2c(C(=O)O)cccc2c1C. The van der Waals surface area contributed by atoms with E-state index in [-0.39, 0.29) is 5.56 Å². The molecule has 0 spiro atoms. The number of rotatable bonds is 1. The van der Waals surface area contributed by atoms with E-state index in [2.05, 4.69) is 10.2 Å². The van der Waals surface area contributed by atoms with E-state index in [1.54, 1.807) is 6.07 Å². The Bertz CT molecular complexity index is 550. The standard InChI is InChI=1S/C11H10N2O2/c1-6-7(2)12-13-10-8(6)4-3-5-9(10)11(14)15/h3-5H,1-2H3,(H,14,15). The summed E-state index contributed by atoms with van der Waals surface area (Å²) < 4.78 is 0. The normalized spacial score (nSPS) is 10.5. The average molecular weight is 202 g/mol. The van der Waals surface area contributed by atoms with E-state index in [9.17, 15) is 4.79 Å². The molecule has 0 atom stereocenters. The third-order valence-electron chi connectivity index (χ3n) is 2.51. The highest BCUT2D eigenvalue weighted by atomic mass is 16.4. The zero-order valence-corrected chi connectivity index (χ0v) is 8.48. The molecule has 0 aliphatic carbocycles. The van der Waals surface area contributed by atoms with Crippen LogP contribution in [0.25, 0.3) is 10.9 Å². The minimum absolute atomic E-state index is 0.197. The molecular weight excluding hydrogens is 192 g/mol. The quantitative estimate of drug-likeness (QED) is 0.767. The topological polar surface area (TPSA) is 63.1 Å². The summed E-state index contributed by atoms with van der Waals surface area (Å²) in [5, 5.41) is 17.7. The smallest absolute Gasteiger partial charge is 0.337 e. The molecule has 0 amide bonds. The van der Waals surface area contributed by atoms with Crippen LogP contribution in [0.3, 0.4) is 0 Å². The van der Waals surface area contributed by atoms with Crippen LogP contribution in [-0.2, 0) is 0 Å². The van der Waals surface area contributed by atoms with Gasteiger partial charge in [0.15, 0.2) is 0 Å². The molecule has 0 unspecified atom stereocenters. The van der Waals surface area contributed by atoms with Gasteiger partial charge in [0.25, 0.3) is 0 Å². The number of aromatic nitrogens is 2. The summed E-state index contributed by atoms with van der Waals surface area (Å²) in [5.41, 5.74) is 2.45. The van der Waals surface area contributed by atoms with Crippen molar-refractivity contribution in [3.8, 4) is 0 Å². The summed E-state index contributed by atoms with van der Waals surface area (Å²) in [7, 11) is 0. The van der Waals surface area contributed by atoms with Crippen molar-refractivity contribution < 1.29 is 9.90 Å². The van der Waals surface area contributed by atoms with Crippen LogP contribution >= 0.6 is 0 Å². The fourth-order valence-corrected chi connectivity index (χ4v) is 1.52. The second-order valence-corrected chi connectivity index (χ2v) is 3.42. The first-order valence-corrected chi connectivity index (χ1v) is 4.57. The minimum Gasteiger partial charge on any atom is -0.478 e. The Morgan fingerprint density at radius 2 is 2.00 bits per heavy atom. The molecule has 1 N–H and O–H groups in total. The van der Waals surface area contributed by atoms with E-state index >= 15 is 0 Å². The number of fused-ring (bicyclic) bond motifs is 1. The highest BCUT2D eigenvalue weighted by Crippen LogP contribution is 2.20. The van der Waals surface area contributed by atoms with Crippen molar-refractivity contribution in [3.05, 3.63) is 35.0 Å². The van der Waals surface area contributed by atoms with Crippen molar-refractivity contribution in [2.75, 3.05) is 0 Å². The van der Waals surface area contributed by atoms with Gasteiger partial charge in [-0.25, -0.2) is 4.79 Å². The van der Waals surface area contributed by atoms with E-state index in [0.29, 0.717) is 5.52 Å². The zero-order chi connectivity index (χ0) is 11.0. The van der Waals surface area contributed by atoms with Crippen LogP contribution in [0, 0.1) is 13.8 Å². The van der Waals surface area contributed by atoms with Gasteiger partial charge in [-0.15, -0.1) is 5.10 Å². The number of carboxylic acid groups (broad SMARTS) is 1. The van der Waals surface area contributed by atoms with Gasteiger partial charge >= 0.3 is 5.97 Å². The van der Waals surface area contributed by atoms with Crippen molar-refractivity contribution in [1.82, 2.24) is 10.2 Å². The molecule has 76 valence electrons. The van der Waals surface area contributed by atoms with Crippen LogP contribution in [0.15, 0.2) is 18.2 Å². The molecule has 0 bridgehead atoms. The number of carboxylic acids is 1. The lowest BCUT2D eigenvalue weighted by Gasteiger charge is -2.05. The number of benzene rings is 1. The first-order valence-electron chi connectivity index (χ1n) is 4.57. The summed E-state index contributed by atoms with van der Waals surface area (Å²) in [5.74, 6) is -0.974. The van der Waals surface area contributed by atoms with Crippen LogP contribution in [0.5, 0.6) is 0 Å². The Kier molecular flexibility index (Phi) is 2.11. The minimum atomic E-state index is -0.974. The third kappa shape index (κ3) is 1.44. The molecule has 0 aliphatic rings. The molecule has 0 saturated carbocycles. The molecule has 1 aromatic carbocycles. The van der Waals surface area contributed by atoms with Crippen molar-refractivity contribution in [2.45, 2.75) is 13.8 Å². The third-order valence-corrected chi connectivity index (χ3v) is 2.51. The van der Waals surface area contributed by atoms with Crippen molar-refractivity contribution >= 4 is 16.9 Å². The van der Waals surface area contributed by atoms with Crippen LogP contribution < -0.4 is 0 Å². The zero-order valence-electron chi connectivity index (χ0n) is 8.48.